The second-order valence-electron chi connectivity index (χ2n) is 4.59. The van der Waals surface area contributed by atoms with E-state index < -0.39 is 0 Å². The predicted molar refractivity (Wildman–Crippen MR) is 66.6 cm³/mol. The fourth-order valence-electron chi connectivity index (χ4n) is 2.10. The van der Waals surface area contributed by atoms with Crippen molar-refractivity contribution in [1.82, 2.24) is 5.32 Å². The molecule has 16 heavy (non-hydrogen) atoms. The highest BCUT2D eigenvalue weighted by Gasteiger charge is 2.23. The molecular formula is C14H21NO. The Morgan fingerprint density at radius 1 is 1.38 bits per heavy atom. The van der Waals surface area contributed by atoms with Crippen LogP contribution in [0.4, 0.5) is 0 Å². The van der Waals surface area contributed by atoms with Crippen LogP contribution in [0, 0.1) is 6.92 Å². The first kappa shape index (κ1) is 11.6. The molecule has 1 aromatic carbocycles. The minimum atomic E-state index is 0.205. The van der Waals surface area contributed by atoms with Gasteiger partial charge in [0.2, 0.25) is 0 Å². The lowest BCUT2D eigenvalue weighted by Gasteiger charge is -2.31. The molecule has 1 atom stereocenters. The maximum atomic E-state index is 6.13. The zero-order valence-corrected chi connectivity index (χ0v) is 10.2. The third-order valence-electron chi connectivity index (χ3n) is 3.33. The number of hydrogen-bond donors (Lipinski definition) is 1. The molecule has 2 heteroatoms. The third kappa shape index (κ3) is 2.63. The van der Waals surface area contributed by atoms with Crippen LogP contribution in [0.2, 0.25) is 0 Å². The fourth-order valence-corrected chi connectivity index (χ4v) is 2.10. The zero-order valence-electron chi connectivity index (χ0n) is 10.2. The van der Waals surface area contributed by atoms with Gasteiger partial charge < -0.3 is 10.1 Å². The van der Waals surface area contributed by atoms with Crippen LogP contribution in [0.1, 0.15) is 36.5 Å². The Morgan fingerprint density at radius 3 is 2.69 bits per heavy atom. The van der Waals surface area contributed by atoms with Gasteiger partial charge in [-0.1, -0.05) is 24.3 Å². The van der Waals surface area contributed by atoms with Crippen molar-refractivity contribution in [2.75, 3.05) is 13.6 Å². The number of likely N-dealkylation sites (N-methyl/N-ethyl adjacent to an activating group) is 1. The van der Waals surface area contributed by atoms with E-state index in [0.29, 0.717) is 6.10 Å². The van der Waals surface area contributed by atoms with Crippen LogP contribution in [0.15, 0.2) is 24.3 Å². The first-order valence-electron chi connectivity index (χ1n) is 6.17. The van der Waals surface area contributed by atoms with Gasteiger partial charge in [0.05, 0.1) is 12.2 Å². The van der Waals surface area contributed by atoms with E-state index in [2.05, 4.69) is 36.5 Å². The molecule has 1 N–H and O–H groups in total. The quantitative estimate of drug-likeness (QED) is 0.822. The summed E-state index contributed by atoms with van der Waals surface area (Å²) in [5, 5.41) is 3.22. The number of aryl methyl sites for hydroxylation is 1. The van der Waals surface area contributed by atoms with Gasteiger partial charge in [-0.05, 0) is 44.4 Å². The molecule has 0 saturated heterocycles. The van der Waals surface area contributed by atoms with Gasteiger partial charge in [-0.25, -0.2) is 0 Å². The number of hydrogen-bond acceptors (Lipinski definition) is 2. The maximum Gasteiger partial charge on any atom is 0.0955 e. The first-order chi connectivity index (χ1) is 7.81. The Balaban J connectivity index is 2.08. The minimum Gasteiger partial charge on any atom is -0.369 e. The summed E-state index contributed by atoms with van der Waals surface area (Å²) < 4.78 is 6.13. The molecule has 2 rings (SSSR count). The molecule has 1 fully saturated rings. The highest BCUT2D eigenvalue weighted by atomic mass is 16.5. The number of ether oxygens (including phenoxy) is 1. The summed E-state index contributed by atoms with van der Waals surface area (Å²) in [5.74, 6) is 0. The lowest BCUT2D eigenvalue weighted by atomic mass is 9.95. The van der Waals surface area contributed by atoms with E-state index in [1.165, 1.54) is 30.4 Å². The molecule has 88 valence electrons. The summed E-state index contributed by atoms with van der Waals surface area (Å²) in [6.45, 7) is 3.05. The van der Waals surface area contributed by atoms with Crippen LogP contribution in [0.3, 0.4) is 0 Å². The van der Waals surface area contributed by atoms with Crippen molar-refractivity contribution >= 4 is 0 Å². The molecule has 0 bridgehead atoms. The van der Waals surface area contributed by atoms with Crippen LogP contribution in [-0.2, 0) is 4.74 Å². The summed E-state index contributed by atoms with van der Waals surface area (Å²) in [6.07, 6.45) is 4.47. The SMILES string of the molecule is CNCC(OC1CCC1)c1ccccc1C. The topological polar surface area (TPSA) is 21.3 Å². The highest BCUT2D eigenvalue weighted by molar-refractivity contribution is 5.28. The molecule has 0 aliphatic heterocycles. The lowest BCUT2D eigenvalue weighted by molar-refractivity contribution is -0.0515. The van der Waals surface area contributed by atoms with Gasteiger partial charge in [0.1, 0.15) is 0 Å². The second-order valence-corrected chi connectivity index (χ2v) is 4.59. The Bertz CT molecular complexity index is 333. The number of nitrogens with one attached hydrogen (secondary N) is 1. The largest absolute Gasteiger partial charge is 0.369 e. The van der Waals surface area contributed by atoms with Crippen LogP contribution < -0.4 is 5.32 Å². The van der Waals surface area contributed by atoms with Gasteiger partial charge in [-0.3, -0.25) is 0 Å². The molecule has 0 radical (unpaired) electrons. The monoisotopic (exact) mass is 219 g/mol. The zero-order chi connectivity index (χ0) is 11.4. The molecule has 2 nitrogen and oxygen atoms in total. The van der Waals surface area contributed by atoms with Crippen LogP contribution >= 0.6 is 0 Å². The normalized spacial score (nSPS) is 18.1. The smallest absolute Gasteiger partial charge is 0.0955 e. The average molecular weight is 219 g/mol. The molecular weight excluding hydrogens is 198 g/mol. The Kier molecular flexibility index (Phi) is 3.97. The number of benzene rings is 1. The number of rotatable bonds is 5. The van der Waals surface area contributed by atoms with Crippen LogP contribution in [0.5, 0.6) is 0 Å². The minimum absolute atomic E-state index is 0.205. The van der Waals surface area contributed by atoms with E-state index >= 15 is 0 Å². The summed E-state index contributed by atoms with van der Waals surface area (Å²) in [4.78, 5) is 0. The third-order valence-corrected chi connectivity index (χ3v) is 3.33. The fraction of sp³-hybridized carbons (Fsp3) is 0.571. The maximum absolute atomic E-state index is 6.13. The van der Waals surface area contributed by atoms with Crippen molar-refractivity contribution in [3.8, 4) is 0 Å². The van der Waals surface area contributed by atoms with E-state index in [1.54, 1.807) is 0 Å². The summed E-state index contributed by atoms with van der Waals surface area (Å²) >= 11 is 0. The van der Waals surface area contributed by atoms with Crippen molar-refractivity contribution in [1.29, 1.82) is 0 Å². The molecule has 1 unspecified atom stereocenters. The molecule has 1 saturated carbocycles. The lowest BCUT2D eigenvalue weighted by Crippen LogP contribution is -2.29. The van der Waals surface area contributed by atoms with E-state index in [9.17, 15) is 0 Å². The van der Waals surface area contributed by atoms with Crippen molar-refractivity contribution in [3.63, 3.8) is 0 Å². The van der Waals surface area contributed by atoms with Crippen molar-refractivity contribution in [3.05, 3.63) is 35.4 Å². The molecule has 1 aromatic rings. The molecule has 1 aliphatic carbocycles. The van der Waals surface area contributed by atoms with Crippen molar-refractivity contribution < 1.29 is 4.74 Å². The molecule has 1 aliphatic rings. The van der Waals surface area contributed by atoms with Gasteiger partial charge in [-0.2, -0.15) is 0 Å². The molecule has 0 spiro atoms. The van der Waals surface area contributed by atoms with Gasteiger partial charge in [0.25, 0.3) is 0 Å². The van der Waals surface area contributed by atoms with Crippen molar-refractivity contribution in [2.24, 2.45) is 0 Å². The van der Waals surface area contributed by atoms with E-state index in [1.807, 2.05) is 7.05 Å². The summed E-state index contributed by atoms with van der Waals surface area (Å²) in [6, 6.07) is 8.51. The van der Waals surface area contributed by atoms with Crippen molar-refractivity contribution in [2.45, 2.75) is 38.4 Å². The Morgan fingerprint density at radius 2 is 2.12 bits per heavy atom. The van der Waals surface area contributed by atoms with Gasteiger partial charge >= 0.3 is 0 Å². The van der Waals surface area contributed by atoms with Crippen LogP contribution in [0.25, 0.3) is 0 Å². The average Bonchev–Trinajstić information content (AvgIpc) is 2.23. The first-order valence-corrected chi connectivity index (χ1v) is 6.17. The molecule has 0 aromatic heterocycles. The van der Waals surface area contributed by atoms with E-state index in [4.69, 9.17) is 4.74 Å². The second kappa shape index (κ2) is 5.46. The Hall–Kier alpha value is -0.860. The standard InChI is InChI=1S/C14H21NO/c1-11-6-3-4-9-13(11)14(10-15-2)16-12-7-5-8-12/h3-4,6,9,12,14-15H,5,7-8,10H2,1-2H3. The molecule has 0 heterocycles. The van der Waals surface area contributed by atoms with Gasteiger partial charge in [0, 0.05) is 6.54 Å². The Labute approximate surface area is 98.0 Å². The van der Waals surface area contributed by atoms with E-state index in [0.717, 1.165) is 6.54 Å². The summed E-state index contributed by atoms with van der Waals surface area (Å²) in [5.41, 5.74) is 2.64. The summed E-state index contributed by atoms with van der Waals surface area (Å²) in [7, 11) is 1.98. The highest BCUT2D eigenvalue weighted by Crippen LogP contribution is 2.29. The van der Waals surface area contributed by atoms with Gasteiger partial charge in [0.15, 0.2) is 0 Å². The van der Waals surface area contributed by atoms with Gasteiger partial charge in [-0.15, -0.1) is 0 Å². The predicted octanol–water partition coefficient (Wildman–Crippen LogP) is 2.82. The molecule has 0 amide bonds. The van der Waals surface area contributed by atoms with Crippen LogP contribution in [-0.4, -0.2) is 19.7 Å². The van der Waals surface area contributed by atoms with E-state index in [-0.39, 0.29) is 6.10 Å².